The van der Waals surface area contributed by atoms with E-state index in [9.17, 15) is 0 Å². The lowest BCUT2D eigenvalue weighted by atomic mass is 9.98. The molecule has 0 amide bonds. The summed E-state index contributed by atoms with van der Waals surface area (Å²) in [4.78, 5) is 17.7. The number of rotatable bonds is 6. The minimum Gasteiger partial charge on any atom is -0.355 e. The van der Waals surface area contributed by atoms with Crippen LogP contribution in [0.4, 0.5) is 0 Å². The van der Waals surface area contributed by atoms with E-state index in [1.165, 1.54) is 44.5 Å². The van der Waals surface area contributed by atoms with Crippen LogP contribution in [0.1, 0.15) is 101 Å². The lowest BCUT2D eigenvalue weighted by Crippen LogP contribution is -1.86. The number of nitrogens with zero attached hydrogens (tertiary/aromatic N) is 2. The third-order valence-corrected chi connectivity index (χ3v) is 7.73. The van der Waals surface area contributed by atoms with Crippen LogP contribution in [0.25, 0.3) is 44.4 Å². The maximum Gasteiger partial charge on any atom is 0.0694 e. The van der Waals surface area contributed by atoms with Crippen LogP contribution in [0.3, 0.4) is 0 Å². The summed E-state index contributed by atoms with van der Waals surface area (Å²) in [6.45, 7) is 13.4. The molecule has 3 aromatic heterocycles. The lowest BCUT2D eigenvalue weighted by molar-refractivity contribution is 1.07. The number of aromatic amines is 2. The Morgan fingerprint density at radius 2 is 0.889 bits per heavy atom. The minimum atomic E-state index is 0.964. The predicted octanol–water partition coefficient (Wildman–Crippen LogP) is 8.90. The van der Waals surface area contributed by atoms with Gasteiger partial charge in [-0.25, -0.2) is 9.97 Å². The highest BCUT2D eigenvalue weighted by Gasteiger charge is 2.21. The van der Waals surface area contributed by atoms with Gasteiger partial charge in [0.2, 0.25) is 0 Å². The first-order valence-electron chi connectivity index (χ1n) is 13.7. The molecule has 5 heterocycles. The van der Waals surface area contributed by atoms with Crippen molar-refractivity contribution in [1.29, 1.82) is 0 Å². The quantitative estimate of drug-likeness (QED) is 0.371. The standard InChI is InChI=1S/C32H38N4/c1-7-21-23(9-3)29-17-31-25(11-5)26(12-6)32(36-31)18-30-24(10-4)22(8-2)28(35-30)16-20-14-13-19(33-20)15-27(21)34-29/h13-18,33-34H,7-12H2,1-6H3. The fourth-order valence-corrected chi connectivity index (χ4v) is 6.05. The summed E-state index contributed by atoms with van der Waals surface area (Å²) in [5.74, 6) is 0. The van der Waals surface area contributed by atoms with E-state index in [0.717, 1.165) is 72.3 Å². The molecule has 0 fully saturated rings. The van der Waals surface area contributed by atoms with E-state index < -0.39 is 0 Å². The van der Waals surface area contributed by atoms with Gasteiger partial charge < -0.3 is 9.97 Å². The molecule has 0 saturated carbocycles. The van der Waals surface area contributed by atoms with E-state index in [1.807, 2.05) is 0 Å². The van der Waals surface area contributed by atoms with Crippen molar-refractivity contribution in [2.24, 2.45) is 0 Å². The van der Waals surface area contributed by atoms with Crippen LogP contribution in [0, 0.1) is 0 Å². The van der Waals surface area contributed by atoms with Crippen molar-refractivity contribution in [3.05, 3.63) is 70.3 Å². The van der Waals surface area contributed by atoms with E-state index in [-0.39, 0.29) is 0 Å². The number of aromatic nitrogens is 4. The molecule has 0 saturated heterocycles. The highest BCUT2D eigenvalue weighted by molar-refractivity contribution is 5.96. The fraction of sp³-hybridized carbons (Fsp3) is 0.375. The van der Waals surface area contributed by atoms with Crippen molar-refractivity contribution in [3.8, 4) is 0 Å². The zero-order valence-electron chi connectivity index (χ0n) is 22.6. The van der Waals surface area contributed by atoms with Gasteiger partial charge in [-0.05, 0) is 108 Å². The van der Waals surface area contributed by atoms with E-state index in [2.05, 4.69) is 87.9 Å². The van der Waals surface area contributed by atoms with Crippen LogP contribution >= 0.6 is 0 Å². The molecule has 5 rings (SSSR count). The van der Waals surface area contributed by atoms with Crippen LogP contribution in [0.2, 0.25) is 0 Å². The van der Waals surface area contributed by atoms with E-state index in [4.69, 9.17) is 9.97 Å². The Balaban J connectivity index is 1.96. The van der Waals surface area contributed by atoms with Gasteiger partial charge in [0, 0.05) is 22.1 Å². The van der Waals surface area contributed by atoms with E-state index >= 15 is 0 Å². The molecule has 0 aromatic carbocycles. The average molecular weight is 479 g/mol. The summed E-state index contributed by atoms with van der Waals surface area (Å²) < 4.78 is 0. The Labute approximate surface area is 214 Å². The smallest absolute Gasteiger partial charge is 0.0694 e. The maximum absolute atomic E-state index is 5.22. The van der Waals surface area contributed by atoms with Gasteiger partial charge in [-0.15, -0.1) is 0 Å². The van der Waals surface area contributed by atoms with Crippen molar-refractivity contribution >= 4 is 44.4 Å². The zero-order valence-corrected chi connectivity index (χ0v) is 22.6. The molecule has 0 spiro atoms. The third-order valence-electron chi connectivity index (χ3n) is 7.73. The zero-order chi connectivity index (χ0) is 25.4. The molecule has 4 heteroatoms. The third kappa shape index (κ3) is 4.03. The number of H-pyrrole nitrogens is 2. The highest BCUT2D eigenvalue weighted by Crippen LogP contribution is 2.38. The first-order valence-corrected chi connectivity index (χ1v) is 13.7. The first-order chi connectivity index (χ1) is 17.5. The Morgan fingerprint density at radius 3 is 1.36 bits per heavy atom. The van der Waals surface area contributed by atoms with E-state index in [1.54, 1.807) is 0 Å². The van der Waals surface area contributed by atoms with Crippen molar-refractivity contribution in [2.45, 2.75) is 80.1 Å². The molecular weight excluding hydrogens is 440 g/mol. The molecule has 0 atom stereocenters. The van der Waals surface area contributed by atoms with Gasteiger partial charge in [-0.2, -0.15) is 0 Å². The molecule has 3 aromatic rings. The second-order valence-corrected chi connectivity index (χ2v) is 9.66. The molecule has 2 aliphatic heterocycles. The molecule has 4 nitrogen and oxygen atoms in total. The number of hydrogen-bond acceptors (Lipinski definition) is 2. The maximum atomic E-state index is 5.22. The van der Waals surface area contributed by atoms with Crippen LogP contribution < -0.4 is 0 Å². The lowest BCUT2D eigenvalue weighted by Gasteiger charge is -2.04. The topological polar surface area (TPSA) is 57.4 Å². The van der Waals surface area contributed by atoms with Gasteiger partial charge >= 0.3 is 0 Å². The normalized spacial score (nSPS) is 13.7. The summed E-state index contributed by atoms with van der Waals surface area (Å²) in [5.41, 5.74) is 17.0. The molecule has 2 N–H and O–H groups in total. The van der Waals surface area contributed by atoms with Crippen molar-refractivity contribution in [2.75, 3.05) is 0 Å². The van der Waals surface area contributed by atoms with Crippen LogP contribution in [0.15, 0.2) is 36.4 Å². The SMILES string of the molecule is CCC1=C(CC)c2cc3ccc(cc4[nH]c(cc5nc(cc1n2)C(CC)=C5CC)c(CC)c4CC)[nH]3. The monoisotopic (exact) mass is 478 g/mol. The van der Waals surface area contributed by atoms with Crippen LogP contribution in [-0.2, 0) is 12.8 Å². The number of aryl methyl sites for hydroxylation is 2. The Morgan fingerprint density at radius 1 is 0.472 bits per heavy atom. The molecule has 0 aliphatic carbocycles. The van der Waals surface area contributed by atoms with Crippen molar-refractivity contribution in [1.82, 2.24) is 19.9 Å². The minimum absolute atomic E-state index is 0.964. The predicted molar refractivity (Wildman–Crippen MR) is 155 cm³/mol. The Bertz CT molecular complexity index is 1540. The second kappa shape index (κ2) is 9.93. The number of nitrogens with one attached hydrogen (secondary N) is 2. The van der Waals surface area contributed by atoms with Gasteiger partial charge in [-0.3, -0.25) is 0 Å². The summed E-state index contributed by atoms with van der Waals surface area (Å²) in [6, 6.07) is 13.3. The summed E-state index contributed by atoms with van der Waals surface area (Å²) in [7, 11) is 0. The molecule has 2 aliphatic rings. The van der Waals surface area contributed by atoms with Gasteiger partial charge in [0.1, 0.15) is 0 Å². The fourth-order valence-electron chi connectivity index (χ4n) is 6.05. The molecule has 36 heavy (non-hydrogen) atoms. The van der Waals surface area contributed by atoms with Gasteiger partial charge in [0.05, 0.1) is 22.8 Å². The molecular formula is C32H38N4. The molecule has 0 unspecified atom stereocenters. The Kier molecular flexibility index (Phi) is 6.70. The number of allylic oxidation sites excluding steroid dienone is 4. The van der Waals surface area contributed by atoms with Gasteiger partial charge in [0.25, 0.3) is 0 Å². The highest BCUT2D eigenvalue weighted by atomic mass is 14.8. The summed E-state index contributed by atoms with van der Waals surface area (Å²) >= 11 is 0. The van der Waals surface area contributed by atoms with Gasteiger partial charge in [0.15, 0.2) is 0 Å². The van der Waals surface area contributed by atoms with Gasteiger partial charge in [-0.1, -0.05) is 41.5 Å². The van der Waals surface area contributed by atoms with Crippen molar-refractivity contribution in [3.63, 3.8) is 0 Å². The largest absolute Gasteiger partial charge is 0.355 e. The van der Waals surface area contributed by atoms with E-state index in [0.29, 0.717) is 0 Å². The van der Waals surface area contributed by atoms with Crippen LogP contribution in [-0.4, -0.2) is 19.9 Å². The Hall–Kier alpha value is -3.40. The number of hydrogen-bond donors (Lipinski definition) is 2. The molecule has 8 bridgehead atoms. The summed E-state index contributed by atoms with van der Waals surface area (Å²) in [5, 5.41) is 0. The van der Waals surface area contributed by atoms with Crippen LogP contribution in [0.5, 0.6) is 0 Å². The second-order valence-electron chi connectivity index (χ2n) is 9.66. The summed E-state index contributed by atoms with van der Waals surface area (Å²) in [6.07, 6.45) is 5.85. The van der Waals surface area contributed by atoms with Crippen molar-refractivity contribution < 1.29 is 0 Å². The molecule has 186 valence electrons. The average Bonchev–Trinajstić information content (AvgIpc) is 3.62. The number of fused-ring (bicyclic) bond motifs is 8. The molecule has 0 radical (unpaired) electrons. The first kappa shape index (κ1) is 24.3.